The summed E-state index contributed by atoms with van der Waals surface area (Å²) in [5, 5.41) is 7.19. The number of para-hydroxylation sites is 3. The lowest BCUT2D eigenvalue weighted by Crippen LogP contribution is -2.03. The molecule has 3 heterocycles. The molecule has 0 aliphatic heterocycles. The lowest BCUT2D eigenvalue weighted by atomic mass is 10.1. The van der Waals surface area contributed by atoms with E-state index in [9.17, 15) is 4.79 Å². The first-order valence-electron chi connectivity index (χ1n) is 9.76. The van der Waals surface area contributed by atoms with Gasteiger partial charge in [-0.05, 0) is 36.4 Å². The first-order chi connectivity index (χ1) is 15.2. The van der Waals surface area contributed by atoms with Crippen molar-refractivity contribution in [2.75, 3.05) is 0 Å². The molecule has 6 rings (SSSR count). The highest BCUT2D eigenvalue weighted by molar-refractivity contribution is 6.33. The van der Waals surface area contributed by atoms with Gasteiger partial charge in [-0.15, -0.1) is 0 Å². The number of pyridine rings is 1. The summed E-state index contributed by atoms with van der Waals surface area (Å²) in [5.41, 5.74) is 3.36. The molecule has 0 atom stereocenters. The summed E-state index contributed by atoms with van der Waals surface area (Å²) in [6.45, 7) is 0. The lowest BCUT2D eigenvalue weighted by molar-refractivity contribution is 0.570. The van der Waals surface area contributed by atoms with E-state index in [4.69, 9.17) is 21.1 Å². The number of benzene rings is 3. The fraction of sp³-hybridized carbons (Fsp3) is 0. The van der Waals surface area contributed by atoms with Gasteiger partial charge in [0.05, 0.1) is 16.9 Å². The van der Waals surface area contributed by atoms with Gasteiger partial charge in [-0.25, -0.2) is 14.5 Å². The third kappa shape index (κ3) is 2.75. The van der Waals surface area contributed by atoms with Gasteiger partial charge in [-0.1, -0.05) is 60.1 Å². The highest BCUT2D eigenvalue weighted by Gasteiger charge is 2.23. The quantitative estimate of drug-likeness (QED) is 0.253. The molecule has 3 aromatic heterocycles. The fourth-order valence-corrected chi connectivity index (χ4v) is 4.20. The number of halogens is 1. The molecule has 5 nitrogen and oxygen atoms in total. The zero-order chi connectivity index (χ0) is 20.9. The van der Waals surface area contributed by atoms with Crippen molar-refractivity contribution < 1.29 is 4.42 Å². The molecule has 0 aliphatic carbocycles. The third-order valence-corrected chi connectivity index (χ3v) is 5.66. The van der Waals surface area contributed by atoms with Crippen LogP contribution >= 0.6 is 11.6 Å². The van der Waals surface area contributed by atoms with Crippen molar-refractivity contribution in [2.24, 2.45) is 0 Å². The average Bonchev–Trinajstić information content (AvgIpc) is 3.21. The molecule has 0 saturated heterocycles. The van der Waals surface area contributed by atoms with E-state index in [1.165, 1.54) is 0 Å². The van der Waals surface area contributed by atoms with Crippen LogP contribution in [0.5, 0.6) is 0 Å². The van der Waals surface area contributed by atoms with Crippen LogP contribution < -0.4 is 5.63 Å². The molecule has 3 aromatic carbocycles. The Balaban J connectivity index is 1.81. The highest BCUT2D eigenvalue weighted by Crippen LogP contribution is 2.37. The second kappa shape index (κ2) is 6.79. The van der Waals surface area contributed by atoms with Gasteiger partial charge in [-0.3, -0.25) is 0 Å². The molecule has 31 heavy (non-hydrogen) atoms. The second-order valence-electron chi connectivity index (χ2n) is 7.22. The SMILES string of the molecule is O=c1oc2ccccc2c2nn(-c3ccccc3)c(-c3cc4ccccc4nc3Cl)c12. The number of rotatable bonds is 2. The van der Waals surface area contributed by atoms with Crippen LogP contribution in [0, 0.1) is 0 Å². The third-order valence-electron chi connectivity index (χ3n) is 5.37. The Kier molecular flexibility index (Phi) is 3.91. The largest absolute Gasteiger partial charge is 0.422 e. The molecule has 0 N–H and O–H groups in total. The predicted molar refractivity (Wildman–Crippen MR) is 123 cm³/mol. The van der Waals surface area contributed by atoms with E-state index in [1.54, 1.807) is 10.7 Å². The van der Waals surface area contributed by atoms with E-state index < -0.39 is 5.63 Å². The van der Waals surface area contributed by atoms with Crippen LogP contribution in [0.4, 0.5) is 0 Å². The molecular weight excluding hydrogens is 410 g/mol. The number of nitrogens with zero attached hydrogens (tertiary/aromatic N) is 3. The monoisotopic (exact) mass is 423 g/mol. The Morgan fingerprint density at radius 3 is 2.48 bits per heavy atom. The molecule has 6 aromatic rings. The number of hydrogen-bond donors (Lipinski definition) is 0. The van der Waals surface area contributed by atoms with Crippen LogP contribution in [0.3, 0.4) is 0 Å². The summed E-state index contributed by atoms with van der Waals surface area (Å²) in [4.78, 5) is 17.7. The molecule has 0 fully saturated rings. The lowest BCUT2D eigenvalue weighted by Gasteiger charge is -2.10. The highest BCUT2D eigenvalue weighted by atomic mass is 35.5. The molecule has 0 aliphatic rings. The Bertz CT molecular complexity index is 1670. The van der Waals surface area contributed by atoms with Crippen molar-refractivity contribution in [3.63, 3.8) is 0 Å². The summed E-state index contributed by atoms with van der Waals surface area (Å²) in [5.74, 6) is 0. The molecule has 0 unspecified atom stereocenters. The van der Waals surface area contributed by atoms with Crippen molar-refractivity contribution in [1.82, 2.24) is 14.8 Å². The normalized spacial score (nSPS) is 11.5. The molecule has 148 valence electrons. The Morgan fingerprint density at radius 2 is 1.61 bits per heavy atom. The predicted octanol–water partition coefficient (Wildman–Crippen LogP) is 6.00. The van der Waals surface area contributed by atoms with E-state index in [0.717, 1.165) is 22.0 Å². The van der Waals surface area contributed by atoms with E-state index in [-0.39, 0.29) is 0 Å². The van der Waals surface area contributed by atoms with Gasteiger partial charge in [0, 0.05) is 16.3 Å². The minimum atomic E-state index is -0.463. The molecule has 0 spiro atoms. The number of aromatic nitrogens is 3. The first-order valence-corrected chi connectivity index (χ1v) is 10.1. The van der Waals surface area contributed by atoms with Crippen LogP contribution in [0.2, 0.25) is 5.15 Å². The zero-order valence-corrected chi connectivity index (χ0v) is 16.9. The summed E-state index contributed by atoms with van der Waals surface area (Å²) < 4.78 is 7.38. The summed E-state index contributed by atoms with van der Waals surface area (Å²) in [6, 6.07) is 26.7. The summed E-state index contributed by atoms with van der Waals surface area (Å²) in [6.07, 6.45) is 0. The molecule has 0 amide bonds. The van der Waals surface area contributed by atoms with E-state index in [1.807, 2.05) is 78.9 Å². The second-order valence-corrected chi connectivity index (χ2v) is 7.58. The topological polar surface area (TPSA) is 60.9 Å². The summed E-state index contributed by atoms with van der Waals surface area (Å²) in [7, 11) is 0. The summed E-state index contributed by atoms with van der Waals surface area (Å²) >= 11 is 6.64. The zero-order valence-electron chi connectivity index (χ0n) is 16.1. The van der Waals surface area contributed by atoms with Crippen LogP contribution in [0.1, 0.15) is 0 Å². The number of fused-ring (bicyclic) bond motifs is 4. The molecular formula is C25H14ClN3O2. The van der Waals surface area contributed by atoms with Gasteiger partial charge in [0.1, 0.15) is 21.6 Å². The minimum absolute atomic E-state index is 0.297. The Labute approximate surface area is 181 Å². The van der Waals surface area contributed by atoms with Crippen molar-refractivity contribution in [3.8, 4) is 16.9 Å². The van der Waals surface area contributed by atoms with Gasteiger partial charge >= 0.3 is 5.63 Å². The van der Waals surface area contributed by atoms with Gasteiger partial charge in [0.15, 0.2) is 0 Å². The van der Waals surface area contributed by atoms with E-state index in [2.05, 4.69) is 4.98 Å². The van der Waals surface area contributed by atoms with Crippen LogP contribution in [0.25, 0.3) is 49.7 Å². The smallest absolute Gasteiger partial charge is 0.348 e. The molecule has 6 heteroatoms. The maximum Gasteiger partial charge on any atom is 0.348 e. The van der Waals surface area contributed by atoms with E-state index >= 15 is 0 Å². The van der Waals surface area contributed by atoms with Crippen molar-refractivity contribution >= 4 is 44.4 Å². The van der Waals surface area contributed by atoms with Crippen LogP contribution in [-0.2, 0) is 0 Å². The fourth-order valence-electron chi connectivity index (χ4n) is 3.97. The standard InChI is InChI=1S/C25H14ClN3O2/c26-24-18(14-15-8-4-6-12-19(15)27-24)23-21-22(28-29(23)16-9-2-1-3-10-16)17-11-5-7-13-20(17)31-25(21)30/h1-14H. The van der Waals surface area contributed by atoms with Gasteiger partial charge in [0.2, 0.25) is 0 Å². The van der Waals surface area contributed by atoms with Crippen molar-refractivity contribution in [2.45, 2.75) is 0 Å². The Hall–Kier alpha value is -3.96. The minimum Gasteiger partial charge on any atom is -0.422 e. The molecule has 0 saturated carbocycles. The molecule has 0 radical (unpaired) electrons. The van der Waals surface area contributed by atoms with Crippen molar-refractivity contribution in [3.05, 3.63) is 101 Å². The van der Waals surface area contributed by atoms with Crippen molar-refractivity contribution in [1.29, 1.82) is 0 Å². The van der Waals surface area contributed by atoms with Crippen LogP contribution in [-0.4, -0.2) is 14.8 Å². The van der Waals surface area contributed by atoms with Crippen LogP contribution in [0.15, 0.2) is 94.1 Å². The first kappa shape index (κ1) is 17.9. The average molecular weight is 424 g/mol. The Morgan fingerprint density at radius 1 is 0.871 bits per heavy atom. The van der Waals surface area contributed by atoms with Gasteiger partial charge in [-0.2, -0.15) is 5.10 Å². The van der Waals surface area contributed by atoms with Gasteiger partial charge < -0.3 is 4.42 Å². The van der Waals surface area contributed by atoms with E-state index in [0.29, 0.717) is 32.9 Å². The maximum absolute atomic E-state index is 13.1. The molecule has 0 bridgehead atoms. The maximum atomic E-state index is 13.1. The number of hydrogen-bond acceptors (Lipinski definition) is 4. The van der Waals surface area contributed by atoms with Gasteiger partial charge in [0.25, 0.3) is 0 Å².